The lowest BCUT2D eigenvalue weighted by Gasteiger charge is -1.63. The standard InChI is InChI=1S/C3H6N2O/c1-2-4-3-5-6/h2-3,6H,1H3/b4-2-,5-3-. The number of aliphatic imine (C=N–C) groups is 1. The van der Waals surface area contributed by atoms with Crippen molar-refractivity contribution in [3.8, 4) is 0 Å². The summed E-state index contributed by atoms with van der Waals surface area (Å²) in [6.07, 6.45) is 2.58. The molecule has 0 amide bonds. The Bertz CT molecular complexity index is 57.2. The smallest absolute Gasteiger partial charge is 0.154 e. The van der Waals surface area contributed by atoms with Gasteiger partial charge in [-0.1, -0.05) is 5.16 Å². The largest absolute Gasteiger partial charge is 0.410 e. The van der Waals surface area contributed by atoms with E-state index in [1.807, 2.05) is 0 Å². The van der Waals surface area contributed by atoms with Crippen molar-refractivity contribution in [2.24, 2.45) is 10.1 Å². The Kier molecular flexibility index (Phi) is 3.55. The molecule has 0 saturated heterocycles. The second kappa shape index (κ2) is 4.14. The lowest BCUT2D eigenvalue weighted by molar-refractivity contribution is 0.321. The predicted molar refractivity (Wildman–Crippen MR) is 24.4 cm³/mol. The van der Waals surface area contributed by atoms with Gasteiger partial charge in [0.2, 0.25) is 0 Å². The summed E-state index contributed by atoms with van der Waals surface area (Å²) in [5.41, 5.74) is 0. The highest BCUT2D eigenvalue weighted by Gasteiger charge is 1.50. The Hall–Kier alpha value is -0.860. The van der Waals surface area contributed by atoms with Crippen molar-refractivity contribution in [1.82, 2.24) is 0 Å². The van der Waals surface area contributed by atoms with Crippen LogP contribution in [-0.4, -0.2) is 17.8 Å². The van der Waals surface area contributed by atoms with E-state index in [1.165, 1.54) is 6.21 Å². The fourth-order valence-corrected chi connectivity index (χ4v) is 0.0965. The first-order chi connectivity index (χ1) is 2.91. The molecule has 0 aliphatic rings. The molecule has 0 saturated carbocycles. The Morgan fingerprint density at radius 3 is 2.50 bits per heavy atom. The van der Waals surface area contributed by atoms with Gasteiger partial charge in [-0.25, -0.2) is 4.99 Å². The third kappa shape index (κ3) is 3.14. The van der Waals surface area contributed by atoms with Crippen molar-refractivity contribution in [3.63, 3.8) is 0 Å². The Morgan fingerprint density at radius 2 is 2.33 bits per heavy atom. The predicted octanol–water partition coefficient (Wildman–Crippen LogP) is 0.495. The van der Waals surface area contributed by atoms with Crippen LogP contribution in [0.5, 0.6) is 0 Å². The van der Waals surface area contributed by atoms with Crippen LogP contribution in [-0.2, 0) is 0 Å². The molecule has 0 aromatic carbocycles. The lowest BCUT2D eigenvalue weighted by atomic mass is 10.9. The average Bonchev–Trinajstić information content (AvgIpc) is 1.61. The van der Waals surface area contributed by atoms with Gasteiger partial charge in [-0.2, -0.15) is 0 Å². The van der Waals surface area contributed by atoms with Gasteiger partial charge in [0.1, 0.15) is 0 Å². The van der Waals surface area contributed by atoms with E-state index in [1.54, 1.807) is 6.92 Å². The molecule has 0 bridgehead atoms. The highest BCUT2D eigenvalue weighted by molar-refractivity contribution is 5.69. The summed E-state index contributed by atoms with van der Waals surface area (Å²) in [6.45, 7) is 1.74. The summed E-state index contributed by atoms with van der Waals surface area (Å²) < 4.78 is 0. The Morgan fingerprint density at radius 1 is 1.67 bits per heavy atom. The van der Waals surface area contributed by atoms with Crippen molar-refractivity contribution in [2.45, 2.75) is 6.92 Å². The number of hydrogen-bond donors (Lipinski definition) is 1. The van der Waals surface area contributed by atoms with Crippen LogP contribution in [0.4, 0.5) is 0 Å². The van der Waals surface area contributed by atoms with Crippen LogP contribution < -0.4 is 0 Å². The van der Waals surface area contributed by atoms with Crippen molar-refractivity contribution < 1.29 is 5.21 Å². The summed E-state index contributed by atoms with van der Waals surface area (Å²) >= 11 is 0. The van der Waals surface area contributed by atoms with Gasteiger partial charge in [-0.15, -0.1) is 0 Å². The van der Waals surface area contributed by atoms with Crippen LogP contribution in [0.1, 0.15) is 6.92 Å². The summed E-state index contributed by atoms with van der Waals surface area (Å²) in [7, 11) is 0. The van der Waals surface area contributed by atoms with Gasteiger partial charge in [0.25, 0.3) is 0 Å². The normalized spacial score (nSPS) is 11.5. The van der Waals surface area contributed by atoms with Crippen LogP contribution in [0, 0.1) is 0 Å². The van der Waals surface area contributed by atoms with E-state index in [0.29, 0.717) is 0 Å². The first kappa shape index (κ1) is 5.14. The van der Waals surface area contributed by atoms with E-state index in [9.17, 15) is 0 Å². The minimum absolute atomic E-state index is 1.06. The summed E-state index contributed by atoms with van der Waals surface area (Å²) in [5, 5.41) is 10.3. The number of hydrogen-bond acceptors (Lipinski definition) is 2. The van der Waals surface area contributed by atoms with E-state index < -0.39 is 0 Å². The fraction of sp³-hybridized carbons (Fsp3) is 0.333. The Labute approximate surface area is 36.0 Å². The quantitative estimate of drug-likeness (QED) is 0.215. The van der Waals surface area contributed by atoms with E-state index in [0.717, 1.165) is 6.34 Å². The van der Waals surface area contributed by atoms with Crippen LogP contribution in [0.25, 0.3) is 0 Å². The Balaban J connectivity index is 3.07. The van der Waals surface area contributed by atoms with Gasteiger partial charge in [0.15, 0.2) is 6.34 Å². The third-order valence-corrected chi connectivity index (χ3v) is 0.267. The molecule has 0 aromatic rings. The number of nitrogens with zero attached hydrogens (tertiary/aromatic N) is 2. The molecule has 0 radical (unpaired) electrons. The van der Waals surface area contributed by atoms with Gasteiger partial charge in [-0.05, 0) is 6.92 Å². The zero-order chi connectivity index (χ0) is 4.83. The van der Waals surface area contributed by atoms with E-state index >= 15 is 0 Å². The summed E-state index contributed by atoms with van der Waals surface area (Å²) in [6, 6.07) is 0. The molecular formula is C3H6N2O. The first-order valence-corrected chi connectivity index (χ1v) is 1.55. The van der Waals surface area contributed by atoms with Gasteiger partial charge in [0, 0.05) is 6.21 Å². The van der Waals surface area contributed by atoms with Crippen molar-refractivity contribution in [2.75, 3.05) is 0 Å². The van der Waals surface area contributed by atoms with Crippen LogP contribution in [0.3, 0.4) is 0 Å². The zero-order valence-electron chi connectivity index (χ0n) is 3.50. The molecule has 0 fully saturated rings. The molecule has 0 unspecified atom stereocenters. The maximum absolute atomic E-state index is 7.65. The maximum Gasteiger partial charge on any atom is 0.154 e. The second-order valence-corrected chi connectivity index (χ2v) is 0.638. The van der Waals surface area contributed by atoms with Crippen molar-refractivity contribution in [3.05, 3.63) is 0 Å². The van der Waals surface area contributed by atoms with Crippen LogP contribution in [0.15, 0.2) is 10.1 Å². The van der Waals surface area contributed by atoms with E-state index in [2.05, 4.69) is 10.1 Å². The molecule has 0 aliphatic carbocycles. The first-order valence-electron chi connectivity index (χ1n) is 1.55. The molecule has 0 rings (SSSR count). The molecule has 0 aromatic heterocycles. The molecule has 0 atom stereocenters. The van der Waals surface area contributed by atoms with E-state index in [4.69, 9.17) is 5.21 Å². The molecular weight excluding hydrogens is 80.0 g/mol. The van der Waals surface area contributed by atoms with Crippen LogP contribution in [0.2, 0.25) is 0 Å². The molecule has 34 valence electrons. The molecule has 3 heteroatoms. The topological polar surface area (TPSA) is 45.0 Å². The molecule has 1 N–H and O–H groups in total. The highest BCUT2D eigenvalue weighted by Crippen LogP contribution is 1.52. The molecule has 0 spiro atoms. The molecule has 0 heterocycles. The average molecular weight is 86.1 g/mol. The minimum Gasteiger partial charge on any atom is -0.410 e. The van der Waals surface area contributed by atoms with Crippen molar-refractivity contribution in [1.29, 1.82) is 0 Å². The highest BCUT2D eigenvalue weighted by atomic mass is 16.4. The van der Waals surface area contributed by atoms with E-state index in [-0.39, 0.29) is 0 Å². The van der Waals surface area contributed by atoms with Gasteiger partial charge in [-0.3, -0.25) is 0 Å². The maximum atomic E-state index is 7.65. The van der Waals surface area contributed by atoms with Gasteiger partial charge >= 0.3 is 0 Å². The second-order valence-electron chi connectivity index (χ2n) is 0.638. The molecule has 3 nitrogen and oxygen atoms in total. The monoisotopic (exact) mass is 86.0 g/mol. The SMILES string of the molecule is C/C=N\C=N/O. The zero-order valence-corrected chi connectivity index (χ0v) is 3.50. The number of oxime groups is 1. The number of rotatable bonds is 1. The minimum atomic E-state index is 1.06. The lowest BCUT2D eigenvalue weighted by Crippen LogP contribution is -1.62. The van der Waals surface area contributed by atoms with Crippen molar-refractivity contribution >= 4 is 12.6 Å². The van der Waals surface area contributed by atoms with Crippen LogP contribution >= 0.6 is 0 Å². The van der Waals surface area contributed by atoms with Gasteiger partial charge in [0.05, 0.1) is 0 Å². The molecule has 0 aliphatic heterocycles. The summed E-state index contributed by atoms with van der Waals surface area (Å²) in [5.74, 6) is 0. The third-order valence-electron chi connectivity index (χ3n) is 0.267. The summed E-state index contributed by atoms with van der Waals surface area (Å²) in [4.78, 5) is 3.42. The van der Waals surface area contributed by atoms with Gasteiger partial charge < -0.3 is 5.21 Å². The molecule has 6 heavy (non-hydrogen) atoms. The fourth-order valence-electron chi connectivity index (χ4n) is 0.0965.